The third kappa shape index (κ3) is 2.69. The van der Waals surface area contributed by atoms with Crippen LogP contribution in [0.1, 0.15) is 38.2 Å². The molecule has 6 heteroatoms. The molecule has 0 heterocycles. The molecule has 20 heavy (non-hydrogen) atoms. The van der Waals surface area contributed by atoms with Crippen LogP contribution < -0.4 is 0 Å². The predicted octanol–water partition coefficient (Wildman–Crippen LogP) is 2.65. The van der Waals surface area contributed by atoms with Crippen molar-refractivity contribution in [1.82, 2.24) is 4.31 Å². The number of benzene rings is 1. The second kappa shape index (κ2) is 5.90. The quantitative estimate of drug-likeness (QED) is 0.858. The number of rotatable bonds is 4. The summed E-state index contributed by atoms with van der Waals surface area (Å²) in [6, 6.07) is 5.07. The van der Waals surface area contributed by atoms with Crippen LogP contribution in [0.2, 0.25) is 0 Å². The van der Waals surface area contributed by atoms with E-state index in [-0.39, 0.29) is 16.5 Å². The number of hydrogen-bond donors (Lipinski definition) is 0. The van der Waals surface area contributed by atoms with Crippen molar-refractivity contribution in [3.63, 3.8) is 0 Å². The van der Waals surface area contributed by atoms with Crippen molar-refractivity contribution >= 4 is 10.0 Å². The minimum atomic E-state index is -3.67. The van der Waals surface area contributed by atoms with E-state index in [9.17, 15) is 12.8 Å². The lowest BCUT2D eigenvalue weighted by atomic mass is 10.2. The van der Waals surface area contributed by atoms with E-state index in [1.807, 2.05) is 0 Å². The van der Waals surface area contributed by atoms with E-state index < -0.39 is 15.8 Å². The second-order valence-corrected chi connectivity index (χ2v) is 6.79. The molecule has 0 atom stereocenters. The van der Waals surface area contributed by atoms with Gasteiger partial charge >= 0.3 is 0 Å². The molecule has 1 aliphatic rings. The van der Waals surface area contributed by atoms with E-state index >= 15 is 0 Å². The summed E-state index contributed by atoms with van der Waals surface area (Å²) in [5.41, 5.74) is -0.242. The average molecular weight is 296 g/mol. The lowest BCUT2D eigenvalue weighted by Gasteiger charge is -2.26. The number of hydrogen-bond acceptors (Lipinski definition) is 3. The maximum Gasteiger partial charge on any atom is 0.243 e. The monoisotopic (exact) mass is 296 g/mol. The van der Waals surface area contributed by atoms with Crippen molar-refractivity contribution in [2.75, 3.05) is 6.54 Å². The second-order valence-electron chi connectivity index (χ2n) is 4.90. The van der Waals surface area contributed by atoms with Gasteiger partial charge in [0, 0.05) is 12.6 Å². The van der Waals surface area contributed by atoms with E-state index in [0.29, 0.717) is 6.54 Å². The highest BCUT2D eigenvalue weighted by molar-refractivity contribution is 7.89. The van der Waals surface area contributed by atoms with Crippen LogP contribution in [0.15, 0.2) is 23.1 Å². The first kappa shape index (κ1) is 14.9. The normalized spacial score (nSPS) is 16.5. The van der Waals surface area contributed by atoms with Crippen LogP contribution >= 0.6 is 0 Å². The highest BCUT2D eigenvalue weighted by Crippen LogP contribution is 2.28. The topological polar surface area (TPSA) is 61.2 Å². The first-order valence-electron chi connectivity index (χ1n) is 6.72. The molecule has 1 aromatic rings. The van der Waals surface area contributed by atoms with Gasteiger partial charge in [-0.05, 0) is 31.0 Å². The van der Waals surface area contributed by atoms with E-state index in [1.165, 1.54) is 10.4 Å². The summed E-state index contributed by atoms with van der Waals surface area (Å²) in [4.78, 5) is -0.01000. The first-order valence-corrected chi connectivity index (χ1v) is 8.16. The van der Waals surface area contributed by atoms with Gasteiger partial charge in [0.2, 0.25) is 10.0 Å². The van der Waals surface area contributed by atoms with Crippen LogP contribution in [-0.2, 0) is 10.0 Å². The summed E-state index contributed by atoms with van der Waals surface area (Å²) >= 11 is 0. The van der Waals surface area contributed by atoms with Crippen molar-refractivity contribution in [2.45, 2.75) is 43.5 Å². The molecular weight excluding hydrogens is 279 g/mol. The zero-order valence-electron chi connectivity index (χ0n) is 11.3. The molecule has 0 spiro atoms. The number of nitrogens with zero attached hydrogens (tertiary/aromatic N) is 2. The zero-order valence-corrected chi connectivity index (χ0v) is 12.2. The third-order valence-electron chi connectivity index (χ3n) is 3.71. The van der Waals surface area contributed by atoms with Gasteiger partial charge < -0.3 is 0 Å². The van der Waals surface area contributed by atoms with Gasteiger partial charge in [0.05, 0.1) is 10.5 Å². The van der Waals surface area contributed by atoms with Crippen LogP contribution in [0.4, 0.5) is 4.39 Å². The highest BCUT2D eigenvalue weighted by Gasteiger charge is 2.32. The smallest absolute Gasteiger partial charge is 0.207 e. The molecule has 1 fully saturated rings. The Labute approximate surface area is 118 Å². The maximum absolute atomic E-state index is 13.3. The Morgan fingerprint density at radius 2 is 2.05 bits per heavy atom. The number of sulfonamides is 1. The van der Waals surface area contributed by atoms with Gasteiger partial charge in [0.1, 0.15) is 11.9 Å². The van der Waals surface area contributed by atoms with Gasteiger partial charge in [-0.15, -0.1) is 0 Å². The van der Waals surface area contributed by atoms with E-state index in [0.717, 1.165) is 37.8 Å². The van der Waals surface area contributed by atoms with Crippen LogP contribution in [-0.4, -0.2) is 25.3 Å². The van der Waals surface area contributed by atoms with E-state index in [2.05, 4.69) is 0 Å². The zero-order chi connectivity index (χ0) is 14.8. The molecule has 1 saturated carbocycles. The van der Waals surface area contributed by atoms with E-state index in [1.54, 1.807) is 13.0 Å². The Morgan fingerprint density at radius 1 is 1.40 bits per heavy atom. The molecule has 0 aromatic heterocycles. The largest absolute Gasteiger partial charge is 0.243 e. The minimum Gasteiger partial charge on any atom is -0.207 e. The number of nitriles is 1. The molecule has 1 aromatic carbocycles. The van der Waals surface area contributed by atoms with E-state index in [4.69, 9.17) is 5.26 Å². The Bertz CT molecular complexity index is 631. The Hall–Kier alpha value is -1.45. The Kier molecular flexibility index (Phi) is 4.41. The van der Waals surface area contributed by atoms with Crippen molar-refractivity contribution < 1.29 is 12.8 Å². The summed E-state index contributed by atoms with van der Waals surface area (Å²) in [7, 11) is -3.67. The fourth-order valence-corrected chi connectivity index (χ4v) is 4.42. The molecular formula is C14H17FN2O2S. The van der Waals surface area contributed by atoms with Crippen LogP contribution in [0.5, 0.6) is 0 Å². The van der Waals surface area contributed by atoms with Crippen molar-refractivity contribution in [3.05, 3.63) is 29.6 Å². The molecule has 0 saturated heterocycles. The van der Waals surface area contributed by atoms with Gasteiger partial charge in [-0.25, -0.2) is 12.8 Å². The molecule has 0 radical (unpaired) electrons. The average Bonchev–Trinajstić information content (AvgIpc) is 2.93. The van der Waals surface area contributed by atoms with Gasteiger partial charge in [-0.2, -0.15) is 9.57 Å². The molecule has 108 valence electrons. The first-order chi connectivity index (χ1) is 9.50. The lowest BCUT2D eigenvalue weighted by Crippen LogP contribution is -2.38. The van der Waals surface area contributed by atoms with Gasteiger partial charge in [-0.1, -0.05) is 19.8 Å². The molecule has 1 aliphatic carbocycles. The molecule has 2 rings (SSSR count). The molecule has 0 aliphatic heterocycles. The molecule has 4 nitrogen and oxygen atoms in total. The van der Waals surface area contributed by atoms with Crippen molar-refractivity contribution in [2.24, 2.45) is 0 Å². The van der Waals surface area contributed by atoms with Gasteiger partial charge in [0.15, 0.2) is 0 Å². The molecule has 0 amide bonds. The summed E-state index contributed by atoms with van der Waals surface area (Å²) in [6.07, 6.45) is 3.78. The van der Waals surface area contributed by atoms with Crippen LogP contribution in [0.3, 0.4) is 0 Å². The summed E-state index contributed by atoms with van der Waals surface area (Å²) in [6.45, 7) is 2.18. The summed E-state index contributed by atoms with van der Waals surface area (Å²) in [5.74, 6) is -0.699. The third-order valence-corrected chi connectivity index (χ3v) is 5.73. The standard InChI is InChI=1S/C14H17FN2O2S/c1-2-17(12-5-3-4-6-12)20(18,19)13-7-8-14(15)11(9-13)10-16/h7-9,12H,2-6H2,1H3. The van der Waals surface area contributed by atoms with Crippen molar-refractivity contribution in [1.29, 1.82) is 5.26 Å². The molecule has 0 unspecified atom stereocenters. The predicted molar refractivity (Wildman–Crippen MR) is 72.9 cm³/mol. The van der Waals surface area contributed by atoms with Gasteiger partial charge in [-0.3, -0.25) is 0 Å². The Balaban J connectivity index is 2.40. The van der Waals surface area contributed by atoms with Crippen LogP contribution in [0, 0.1) is 17.1 Å². The fraction of sp³-hybridized carbons (Fsp3) is 0.500. The SMILES string of the molecule is CCN(C1CCCC1)S(=O)(=O)c1ccc(F)c(C#N)c1. The van der Waals surface area contributed by atoms with Gasteiger partial charge in [0.25, 0.3) is 0 Å². The molecule has 0 N–H and O–H groups in total. The fourth-order valence-electron chi connectivity index (χ4n) is 2.70. The summed E-state index contributed by atoms with van der Waals surface area (Å²) in [5, 5.41) is 8.82. The summed E-state index contributed by atoms with van der Waals surface area (Å²) < 4.78 is 40.0. The highest BCUT2D eigenvalue weighted by atomic mass is 32.2. The van der Waals surface area contributed by atoms with Crippen molar-refractivity contribution in [3.8, 4) is 6.07 Å². The minimum absolute atomic E-state index is 0.01000. The lowest BCUT2D eigenvalue weighted by molar-refractivity contribution is 0.335. The maximum atomic E-state index is 13.3. The van der Waals surface area contributed by atoms with Crippen LogP contribution in [0.25, 0.3) is 0 Å². The number of halogens is 1. The Morgan fingerprint density at radius 3 is 2.60 bits per heavy atom. The molecule has 0 bridgehead atoms.